The maximum atomic E-state index is 4.18. The molecule has 0 bridgehead atoms. The van der Waals surface area contributed by atoms with Crippen molar-refractivity contribution in [3.63, 3.8) is 0 Å². The van der Waals surface area contributed by atoms with Crippen LogP contribution in [0.4, 0.5) is 5.82 Å². The van der Waals surface area contributed by atoms with E-state index in [-0.39, 0.29) is 0 Å². The third-order valence-electron chi connectivity index (χ3n) is 1.95. The Morgan fingerprint density at radius 2 is 1.87 bits per heavy atom. The Hall–Kier alpha value is -0.990. The van der Waals surface area contributed by atoms with Crippen LogP contribution in [0.15, 0.2) is 12.3 Å². The van der Waals surface area contributed by atoms with Gasteiger partial charge in [-0.05, 0) is 6.42 Å². The third kappa shape index (κ3) is 4.36. The molecule has 0 saturated heterocycles. The molecule has 0 spiro atoms. The largest absolute Gasteiger partial charge is 0.360 e. The third-order valence-corrected chi connectivity index (χ3v) is 1.95. The summed E-state index contributed by atoms with van der Waals surface area (Å²) in [6.07, 6.45) is 4.32. The molecule has 0 aliphatic carbocycles. The molecule has 0 atom stereocenters. The van der Waals surface area contributed by atoms with E-state index in [1.807, 2.05) is 24.7 Å². The van der Waals surface area contributed by atoms with Crippen LogP contribution in [-0.4, -0.2) is 23.4 Å². The van der Waals surface area contributed by atoms with Crippen LogP contribution in [0, 0.1) is 0 Å². The van der Waals surface area contributed by atoms with E-state index in [4.69, 9.17) is 0 Å². The molecule has 1 aliphatic rings. The summed E-state index contributed by atoms with van der Waals surface area (Å²) < 4.78 is 2.05. The fourth-order valence-electron chi connectivity index (χ4n) is 1.39. The van der Waals surface area contributed by atoms with Gasteiger partial charge < -0.3 is 4.90 Å². The lowest BCUT2D eigenvalue weighted by Crippen LogP contribution is -2.27. The monoisotopic (exact) mass is 211 g/mol. The maximum Gasteiger partial charge on any atom is 0.126 e. The first-order chi connectivity index (χ1) is 7.29. The summed E-state index contributed by atoms with van der Waals surface area (Å²) in [4.78, 5) is 2.23. The van der Waals surface area contributed by atoms with E-state index in [1.54, 1.807) is 0 Å². The van der Waals surface area contributed by atoms with E-state index >= 15 is 0 Å². The van der Waals surface area contributed by atoms with Crippen LogP contribution in [0.25, 0.3) is 0 Å². The Morgan fingerprint density at radius 3 is 2.40 bits per heavy atom. The number of hydrogen-bond acceptors (Lipinski definition) is 2. The number of aromatic nitrogens is 2. The van der Waals surface area contributed by atoms with Crippen molar-refractivity contribution in [2.75, 3.05) is 18.5 Å². The van der Waals surface area contributed by atoms with Gasteiger partial charge in [0.1, 0.15) is 5.82 Å². The van der Waals surface area contributed by atoms with Crippen molar-refractivity contribution >= 4 is 5.82 Å². The van der Waals surface area contributed by atoms with Crippen molar-refractivity contribution in [3.05, 3.63) is 12.3 Å². The predicted octanol–water partition coefficient (Wildman–Crippen LogP) is 3.17. The van der Waals surface area contributed by atoms with Crippen LogP contribution < -0.4 is 4.90 Å². The summed E-state index contributed by atoms with van der Waals surface area (Å²) in [6.45, 7) is 10.5. The number of hydrogen-bond donors (Lipinski definition) is 0. The highest BCUT2D eigenvalue weighted by Gasteiger charge is 2.11. The van der Waals surface area contributed by atoms with Crippen LogP contribution >= 0.6 is 0 Å². The molecule has 15 heavy (non-hydrogen) atoms. The average molecular weight is 211 g/mol. The molecule has 1 aromatic rings. The molecule has 3 nitrogen and oxygen atoms in total. The van der Waals surface area contributed by atoms with Crippen molar-refractivity contribution in [3.8, 4) is 0 Å². The first kappa shape index (κ1) is 14.0. The zero-order chi connectivity index (χ0) is 11.7. The summed E-state index contributed by atoms with van der Waals surface area (Å²) in [5.41, 5.74) is 0. The first-order valence-electron chi connectivity index (χ1n) is 6.02. The molecule has 0 saturated carbocycles. The molecule has 0 aromatic carbocycles. The molecule has 2 heterocycles. The predicted molar refractivity (Wildman–Crippen MR) is 67.4 cm³/mol. The van der Waals surface area contributed by atoms with Gasteiger partial charge in [-0.25, -0.2) is 4.68 Å². The van der Waals surface area contributed by atoms with E-state index in [0.717, 1.165) is 13.1 Å². The van der Waals surface area contributed by atoms with Gasteiger partial charge in [-0.15, -0.1) is 0 Å². The number of rotatable bonds is 0. The highest BCUT2D eigenvalue weighted by atomic mass is 15.4. The van der Waals surface area contributed by atoms with Crippen molar-refractivity contribution in [1.29, 1.82) is 0 Å². The normalized spacial score (nSPS) is 13.0. The second kappa shape index (κ2) is 8.33. The SMILES string of the molecule is CC.CCC.CN1CCCn2nccc21. The lowest BCUT2D eigenvalue weighted by atomic mass is 10.3. The first-order valence-corrected chi connectivity index (χ1v) is 6.02. The summed E-state index contributed by atoms with van der Waals surface area (Å²) in [5.74, 6) is 1.24. The molecule has 88 valence electrons. The Labute approximate surface area is 94.1 Å². The highest BCUT2D eigenvalue weighted by Crippen LogP contribution is 2.16. The van der Waals surface area contributed by atoms with Crippen molar-refractivity contribution in [2.24, 2.45) is 0 Å². The van der Waals surface area contributed by atoms with Gasteiger partial charge in [-0.2, -0.15) is 5.10 Å². The van der Waals surface area contributed by atoms with Crippen LogP contribution in [-0.2, 0) is 6.54 Å². The van der Waals surface area contributed by atoms with Gasteiger partial charge in [0, 0.05) is 26.2 Å². The van der Waals surface area contributed by atoms with E-state index in [1.165, 1.54) is 18.7 Å². The summed E-state index contributed by atoms with van der Waals surface area (Å²) in [7, 11) is 2.10. The minimum absolute atomic E-state index is 1.08. The Bertz CT molecular complexity index is 243. The van der Waals surface area contributed by atoms with Crippen LogP contribution in [0.2, 0.25) is 0 Å². The lowest BCUT2D eigenvalue weighted by Gasteiger charge is -2.24. The molecule has 0 fully saturated rings. The highest BCUT2D eigenvalue weighted by molar-refractivity contribution is 5.38. The van der Waals surface area contributed by atoms with E-state index in [0.29, 0.717) is 0 Å². The fraction of sp³-hybridized carbons (Fsp3) is 0.750. The minimum atomic E-state index is 1.08. The minimum Gasteiger partial charge on any atom is -0.360 e. The van der Waals surface area contributed by atoms with E-state index in [2.05, 4.69) is 37.0 Å². The van der Waals surface area contributed by atoms with Gasteiger partial charge in [-0.1, -0.05) is 34.1 Å². The smallest absolute Gasteiger partial charge is 0.126 e. The lowest BCUT2D eigenvalue weighted by molar-refractivity contribution is 0.533. The zero-order valence-electron chi connectivity index (χ0n) is 10.8. The summed E-state index contributed by atoms with van der Waals surface area (Å²) in [6, 6.07) is 2.05. The van der Waals surface area contributed by atoms with Crippen LogP contribution in [0.3, 0.4) is 0 Å². The standard InChI is InChI=1S/C7H11N3.C3H8.C2H6/c1-9-5-2-6-10-7(9)3-4-8-10;1-3-2;1-2/h3-4H,2,5-6H2,1H3;3H2,1-2H3;1-2H3. The van der Waals surface area contributed by atoms with Gasteiger partial charge in [0.2, 0.25) is 0 Å². The van der Waals surface area contributed by atoms with E-state index in [9.17, 15) is 0 Å². The van der Waals surface area contributed by atoms with E-state index < -0.39 is 0 Å². The molecule has 3 heteroatoms. The van der Waals surface area contributed by atoms with Gasteiger partial charge in [0.15, 0.2) is 0 Å². The molecule has 1 aliphatic heterocycles. The quantitative estimate of drug-likeness (QED) is 0.657. The van der Waals surface area contributed by atoms with Crippen molar-refractivity contribution < 1.29 is 0 Å². The second-order valence-corrected chi connectivity index (χ2v) is 3.39. The number of nitrogens with zero attached hydrogens (tertiary/aromatic N) is 3. The van der Waals surface area contributed by atoms with Crippen molar-refractivity contribution in [2.45, 2.75) is 47.1 Å². The second-order valence-electron chi connectivity index (χ2n) is 3.39. The summed E-state index contributed by atoms with van der Waals surface area (Å²) >= 11 is 0. The summed E-state index contributed by atoms with van der Waals surface area (Å²) in [5, 5.41) is 4.18. The van der Waals surface area contributed by atoms with Gasteiger partial charge >= 0.3 is 0 Å². The average Bonchev–Trinajstić information content (AvgIpc) is 2.71. The number of anilines is 1. The Balaban J connectivity index is 0.000000342. The molecular formula is C12H25N3. The molecule has 0 radical (unpaired) electrons. The molecule has 0 amide bonds. The van der Waals surface area contributed by atoms with Gasteiger partial charge in [0.05, 0.1) is 6.20 Å². The van der Waals surface area contributed by atoms with Gasteiger partial charge in [-0.3, -0.25) is 0 Å². The topological polar surface area (TPSA) is 21.1 Å². The van der Waals surface area contributed by atoms with Gasteiger partial charge in [0.25, 0.3) is 0 Å². The Morgan fingerprint density at radius 1 is 1.27 bits per heavy atom. The molecule has 0 N–H and O–H groups in total. The molecule has 1 aromatic heterocycles. The fourth-order valence-corrected chi connectivity index (χ4v) is 1.39. The Kier molecular flexibility index (Phi) is 7.78. The van der Waals surface area contributed by atoms with Crippen molar-refractivity contribution in [1.82, 2.24) is 9.78 Å². The van der Waals surface area contributed by atoms with Crippen LogP contribution in [0.1, 0.15) is 40.5 Å². The number of fused-ring (bicyclic) bond motifs is 1. The zero-order valence-corrected chi connectivity index (χ0v) is 10.8. The molecule has 0 unspecified atom stereocenters. The van der Waals surface area contributed by atoms with Crippen LogP contribution in [0.5, 0.6) is 0 Å². The number of aryl methyl sites for hydroxylation is 1. The molecular weight excluding hydrogens is 186 g/mol. The maximum absolute atomic E-state index is 4.18. The molecule has 2 rings (SSSR count).